The highest BCUT2D eigenvalue weighted by Crippen LogP contribution is 2.43. The van der Waals surface area contributed by atoms with Crippen molar-refractivity contribution < 1.29 is 13.6 Å². The van der Waals surface area contributed by atoms with E-state index >= 15 is 0 Å². The van der Waals surface area contributed by atoms with Crippen LogP contribution in [0, 0.1) is 5.92 Å². The zero-order chi connectivity index (χ0) is 21.1. The summed E-state index contributed by atoms with van der Waals surface area (Å²) in [7, 11) is 0. The van der Waals surface area contributed by atoms with Gasteiger partial charge in [0.1, 0.15) is 0 Å². The molecule has 30 heavy (non-hydrogen) atoms. The molecule has 1 aromatic heterocycles. The molecular weight excluding hydrogens is 406 g/mol. The van der Waals surface area contributed by atoms with E-state index in [9.17, 15) is 13.6 Å². The van der Waals surface area contributed by atoms with E-state index in [-0.39, 0.29) is 30.1 Å². The summed E-state index contributed by atoms with van der Waals surface area (Å²) in [5, 5.41) is 4.64. The van der Waals surface area contributed by atoms with Crippen molar-refractivity contribution in [1.29, 1.82) is 0 Å². The minimum Gasteiger partial charge on any atom is -0.340 e. The fraction of sp³-hybridized carbons (Fsp3) is 0.818. The molecule has 1 aromatic rings. The first-order valence-electron chi connectivity index (χ1n) is 11.4. The van der Waals surface area contributed by atoms with Crippen molar-refractivity contribution in [3.8, 4) is 0 Å². The Bertz CT molecular complexity index is 800. The topological polar surface area (TPSA) is 48.5 Å². The highest BCUT2D eigenvalue weighted by atomic mass is 32.1. The lowest BCUT2D eigenvalue weighted by Gasteiger charge is -2.38. The lowest BCUT2D eigenvalue weighted by Crippen LogP contribution is -2.52. The van der Waals surface area contributed by atoms with Crippen LogP contribution in [0.1, 0.15) is 69.4 Å². The summed E-state index contributed by atoms with van der Waals surface area (Å²) in [4.78, 5) is 23.8. The molecule has 2 bridgehead atoms. The number of carbonyl (C=O) groups is 1. The van der Waals surface area contributed by atoms with Crippen LogP contribution < -0.4 is 10.2 Å². The standard InChI is InChI=1S/C22H32F2N4OS/c1-21(2)13-27(18(29)9-14-5-7-22(23,24)8-6-14)12-17-19(21)26-20(30-17)28-15-3-4-16(28)11-25-10-15/h14-16,25H,3-13H2,1-2H3. The number of fused-ring (bicyclic) bond motifs is 3. The first-order valence-corrected chi connectivity index (χ1v) is 12.2. The molecule has 2 atom stereocenters. The first-order chi connectivity index (χ1) is 14.2. The summed E-state index contributed by atoms with van der Waals surface area (Å²) >= 11 is 1.75. The molecule has 1 amide bonds. The van der Waals surface area contributed by atoms with Gasteiger partial charge in [0.05, 0.1) is 12.2 Å². The van der Waals surface area contributed by atoms with Crippen molar-refractivity contribution in [3.63, 3.8) is 0 Å². The summed E-state index contributed by atoms with van der Waals surface area (Å²) in [5.74, 6) is -2.33. The van der Waals surface area contributed by atoms with E-state index in [0.717, 1.165) is 23.9 Å². The number of nitrogens with zero attached hydrogens (tertiary/aromatic N) is 3. The molecule has 3 aliphatic heterocycles. The molecule has 3 fully saturated rings. The van der Waals surface area contributed by atoms with Crippen molar-refractivity contribution in [2.75, 3.05) is 24.5 Å². The maximum Gasteiger partial charge on any atom is 0.248 e. The number of thiazole rings is 1. The van der Waals surface area contributed by atoms with Crippen LogP contribution in [-0.2, 0) is 16.8 Å². The van der Waals surface area contributed by atoms with Crippen LogP contribution in [0.4, 0.5) is 13.9 Å². The molecule has 0 spiro atoms. The van der Waals surface area contributed by atoms with Gasteiger partial charge in [-0.25, -0.2) is 13.8 Å². The fourth-order valence-electron chi connectivity index (χ4n) is 5.81. The summed E-state index contributed by atoms with van der Waals surface area (Å²) < 4.78 is 26.9. The maximum absolute atomic E-state index is 13.4. The van der Waals surface area contributed by atoms with E-state index in [1.807, 2.05) is 4.90 Å². The Balaban J connectivity index is 1.30. The number of rotatable bonds is 3. The highest BCUT2D eigenvalue weighted by molar-refractivity contribution is 7.15. The molecule has 1 N–H and O–H groups in total. The largest absolute Gasteiger partial charge is 0.340 e. The average Bonchev–Trinajstić information content (AvgIpc) is 3.21. The zero-order valence-electron chi connectivity index (χ0n) is 17.9. The Labute approximate surface area is 181 Å². The molecule has 5 rings (SSSR count). The number of halogens is 2. The molecule has 4 heterocycles. The van der Waals surface area contributed by atoms with Crippen LogP contribution >= 0.6 is 11.3 Å². The van der Waals surface area contributed by atoms with Crippen molar-refractivity contribution in [2.45, 2.75) is 88.8 Å². The van der Waals surface area contributed by atoms with Gasteiger partial charge in [-0.1, -0.05) is 25.2 Å². The number of anilines is 1. The van der Waals surface area contributed by atoms with Crippen molar-refractivity contribution in [3.05, 3.63) is 10.6 Å². The molecule has 0 aromatic carbocycles. The van der Waals surface area contributed by atoms with E-state index in [4.69, 9.17) is 4.98 Å². The molecular formula is C22H32F2N4OS. The van der Waals surface area contributed by atoms with Crippen molar-refractivity contribution >= 4 is 22.4 Å². The van der Waals surface area contributed by atoms with E-state index < -0.39 is 5.92 Å². The summed E-state index contributed by atoms with van der Waals surface area (Å²) in [5.41, 5.74) is 0.951. The van der Waals surface area contributed by atoms with Gasteiger partial charge >= 0.3 is 0 Å². The molecule has 1 saturated carbocycles. The summed E-state index contributed by atoms with van der Waals surface area (Å²) in [6, 6.07) is 1.06. The molecule has 1 aliphatic carbocycles. The number of carbonyl (C=O) groups excluding carboxylic acids is 1. The predicted molar refractivity (Wildman–Crippen MR) is 114 cm³/mol. The Morgan fingerprint density at radius 3 is 2.50 bits per heavy atom. The number of aromatic nitrogens is 1. The monoisotopic (exact) mass is 438 g/mol. The zero-order valence-corrected chi connectivity index (χ0v) is 18.7. The van der Waals surface area contributed by atoms with Gasteiger partial charge in [-0.3, -0.25) is 4.79 Å². The highest BCUT2D eigenvalue weighted by Gasteiger charge is 2.42. The second-order valence-electron chi connectivity index (χ2n) is 10.4. The number of piperazine rings is 1. The van der Waals surface area contributed by atoms with Gasteiger partial charge in [0.25, 0.3) is 0 Å². The third-order valence-corrected chi connectivity index (χ3v) is 8.55. The average molecular weight is 439 g/mol. The van der Waals surface area contributed by atoms with Crippen molar-refractivity contribution in [2.24, 2.45) is 5.92 Å². The Hall–Kier alpha value is -1.28. The second-order valence-corrected chi connectivity index (χ2v) is 11.4. The molecule has 166 valence electrons. The molecule has 8 heteroatoms. The van der Waals surface area contributed by atoms with E-state index in [2.05, 4.69) is 24.1 Å². The summed E-state index contributed by atoms with van der Waals surface area (Å²) in [6.07, 6.45) is 3.59. The third kappa shape index (κ3) is 3.74. The second kappa shape index (κ2) is 7.40. The SMILES string of the molecule is CC1(C)CN(C(=O)CC2CCC(F)(F)CC2)Cc2sc(N3C4CCC3CNC4)nc21. The molecule has 2 saturated heterocycles. The van der Waals surface area contributed by atoms with Gasteiger partial charge in [0.2, 0.25) is 11.8 Å². The molecule has 4 aliphatic rings. The van der Waals surface area contributed by atoms with Crippen molar-refractivity contribution in [1.82, 2.24) is 15.2 Å². The van der Waals surface area contributed by atoms with E-state index in [0.29, 0.717) is 44.4 Å². The van der Waals surface area contributed by atoms with Crippen LogP contribution in [0.25, 0.3) is 0 Å². The molecule has 0 radical (unpaired) electrons. The lowest BCUT2D eigenvalue weighted by molar-refractivity contribution is -0.135. The minimum atomic E-state index is -2.54. The van der Waals surface area contributed by atoms with Gasteiger partial charge in [0, 0.05) is 61.3 Å². The number of alkyl halides is 2. The van der Waals surface area contributed by atoms with E-state index in [1.165, 1.54) is 17.7 Å². The third-order valence-electron chi connectivity index (χ3n) is 7.50. The fourth-order valence-corrected chi connectivity index (χ4v) is 7.21. The number of hydrogen-bond donors (Lipinski definition) is 1. The number of hydrogen-bond acceptors (Lipinski definition) is 5. The summed E-state index contributed by atoms with van der Waals surface area (Å²) in [6.45, 7) is 7.65. The lowest BCUT2D eigenvalue weighted by atomic mass is 9.83. The Kier molecular flexibility index (Phi) is 5.08. The van der Waals surface area contributed by atoms with Gasteiger partial charge in [-0.05, 0) is 31.6 Å². The van der Waals surface area contributed by atoms with Gasteiger partial charge < -0.3 is 15.1 Å². The maximum atomic E-state index is 13.4. The smallest absolute Gasteiger partial charge is 0.248 e. The van der Waals surface area contributed by atoms with Crippen LogP contribution in [0.15, 0.2) is 0 Å². The first kappa shape index (κ1) is 20.6. The normalized spacial score (nSPS) is 30.4. The van der Waals surface area contributed by atoms with E-state index in [1.54, 1.807) is 11.3 Å². The quantitative estimate of drug-likeness (QED) is 0.777. The minimum absolute atomic E-state index is 0.0776. The van der Waals surface area contributed by atoms with Gasteiger partial charge in [0.15, 0.2) is 5.13 Å². The Morgan fingerprint density at radius 2 is 1.83 bits per heavy atom. The van der Waals surface area contributed by atoms with Crippen LogP contribution in [0.2, 0.25) is 0 Å². The number of amides is 1. The molecule has 2 unspecified atom stereocenters. The van der Waals surface area contributed by atoms with Crippen LogP contribution in [0.5, 0.6) is 0 Å². The molecule has 5 nitrogen and oxygen atoms in total. The number of nitrogens with one attached hydrogen (secondary N) is 1. The van der Waals surface area contributed by atoms with Crippen LogP contribution in [0.3, 0.4) is 0 Å². The predicted octanol–water partition coefficient (Wildman–Crippen LogP) is 3.92. The Morgan fingerprint density at radius 1 is 1.17 bits per heavy atom. The van der Waals surface area contributed by atoms with Gasteiger partial charge in [-0.15, -0.1) is 0 Å². The van der Waals surface area contributed by atoms with Gasteiger partial charge in [-0.2, -0.15) is 0 Å². The van der Waals surface area contributed by atoms with Crippen LogP contribution in [-0.4, -0.2) is 53.4 Å².